The van der Waals surface area contributed by atoms with Crippen molar-refractivity contribution in [1.82, 2.24) is 9.89 Å². The van der Waals surface area contributed by atoms with Crippen LogP contribution in [0.2, 0.25) is 0 Å². The van der Waals surface area contributed by atoms with Crippen LogP contribution in [0.3, 0.4) is 0 Å². The number of carbonyl (C=O) groups excluding carboxylic acids is 1. The van der Waals surface area contributed by atoms with Gasteiger partial charge in [-0.25, -0.2) is 5.43 Å². The molecule has 1 saturated heterocycles. The Hall–Kier alpha value is -2.71. The Morgan fingerprint density at radius 3 is 2.50 bits per heavy atom. The zero-order valence-electron chi connectivity index (χ0n) is 15.1. The second-order valence-corrected chi connectivity index (χ2v) is 7.34. The average Bonchev–Trinajstić information content (AvgIpc) is 2.72. The molecule has 1 aromatic heterocycles. The third-order valence-electron chi connectivity index (χ3n) is 4.64. The molecule has 0 saturated carbocycles. The molecule has 8 heteroatoms. The Bertz CT molecular complexity index is 1080. The van der Waals surface area contributed by atoms with Crippen LogP contribution in [0.15, 0.2) is 57.8 Å². The number of aromatic nitrogens is 2. The van der Waals surface area contributed by atoms with E-state index in [0.29, 0.717) is 37.5 Å². The van der Waals surface area contributed by atoms with E-state index in [1.54, 1.807) is 12.1 Å². The van der Waals surface area contributed by atoms with Crippen LogP contribution in [0, 0.1) is 0 Å². The number of carbonyl (C=O) groups is 1. The third kappa shape index (κ3) is 3.79. The van der Waals surface area contributed by atoms with Crippen LogP contribution in [0.25, 0.3) is 10.8 Å². The normalized spacial score (nSPS) is 14.2. The highest BCUT2D eigenvalue weighted by Crippen LogP contribution is 2.22. The van der Waals surface area contributed by atoms with Gasteiger partial charge in [0.05, 0.1) is 25.0 Å². The lowest BCUT2D eigenvalue weighted by Gasteiger charge is -2.29. The van der Waals surface area contributed by atoms with Crippen molar-refractivity contribution in [3.05, 3.63) is 68.9 Å². The van der Waals surface area contributed by atoms with E-state index in [1.165, 1.54) is 0 Å². The van der Waals surface area contributed by atoms with Crippen LogP contribution in [0.5, 0.6) is 0 Å². The molecule has 7 nitrogen and oxygen atoms in total. The molecule has 3 aromatic rings. The van der Waals surface area contributed by atoms with E-state index >= 15 is 0 Å². The van der Waals surface area contributed by atoms with Gasteiger partial charge in [0.2, 0.25) is 5.91 Å². The molecular weight excluding hydrogens is 424 g/mol. The number of rotatable bonds is 4. The monoisotopic (exact) mass is 442 g/mol. The summed E-state index contributed by atoms with van der Waals surface area (Å²) in [6.07, 6.45) is 0.134. The summed E-state index contributed by atoms with van der Waals surface area (Å²) in [6, 6.07) is 14.8. The number of morpholine rings is 1. The van der Waals surface area contributed by atoms with Crippen LogP contribution in [0.4, 0.5) is 5.82 Å². The summed E-state index contributed by atoms with van der Waals surface area (Å²) >= 11 is 3.44. The Labute approximate surface area is 170 Å². The summed E-state index contributed by atoms with van der Waals surface area (Å²) in [6.45, 7) is 2.56. The zero-order chi connectivity index (χ0) is 19.5. The fraction of sp³-hybridized carbons (Fsp3) is 0.250. The molecule has 0 radical (unpaired) electrons. The van der Waals surface area contributed by atoms with E-state index in [1.807, 2.05) is 36.4 Å². The summed E-state index contributed by atoms with van der Waals surface area (Å²) in [5.41, 5.74) is 3.11. The highest BCUT2D eigenvalue weighted by atomic mass is 79.9. The number of halogens is 1. The van der Waals surface area contributed by atoms with Gasteiger partial charge in [0.15, 0.2) is 5.82 Å². The van der Waals surface area contributed by atoms with E-state index in [2.05, 4.69) is 31.4 Å². The van der Waals surface area contributed by atoms with Crippen LogP contribution >= 0.6 is 15.9 Å². The Kier molecular flexibility index (Phi) is 5.40. The van der Waals surface area contributed by atoms with Gasteiger partial charge in [0.1, 0.15) is 0 Å². The molecular formula is C20H19BrN4O3. The molecule has 1 amide bonds. The predicted molar refractivity (Wildman–Crippen MR) is 111 cm³/mol. The second-order valence-electron chi connectivity index (χ2n) is 6.49. The lowest BCUT2D eigenvalue weighted by molar-refractivity contribution is -0.116. The van der Waals surface area contributed by atoms with Gasteiger partial charge < -0.3 is 9.64 Å². The molecule has 0 unspecified atom stereocenters. The molecule has 0 bridgehead atoms. The molecule has 4 rings (SSSR count). The van der Waals surface area contributed by atoms with Crippen molar-refractivity contribution in [2.24, 2.45) is 0 Å². The van der Waals surface area contributed by atoms with E-state index in [4.69, 9.17) is 4.74 Å². The zero-order valence-corrected chi connectivity index (χ0v) is 16.7. The molecule has 0 aliphatic carbocycles. The molecule has 0 spiro atoms. The van der Waals surface area contributed by atoms with Gasteiger partial charge in [-0.1, -0.05) is 52.3 Å². The van der Waals surface area contributed by atoms with Gasteiger partial charge in [-0.3, -0.25) is 9.59 Å². The van der Waals surface area contributed by atoms with Gasteiger partial charge in [-0.15, -0.1) is 9.89 Å². The number of fused-ring (bicyclic) bond motifs is 1. The van der Waals surface area contributed by atoms with Gasteiger partial charge >= 0.3 is 0 Å². The van der Waals surface area contributed by atoms with Crippen molar-refractivity contribution in [2.75, 3.05) is 36.6 Å². The van der Waals surface area contributed by atoms with Crippen molar-refractivity contribution < 1.29 is 9.53 Å². The number of amides is 1. The van der Waals surface area contributed by atoms with Crippen molar-refractivity contribution >= 4 is 38.4 Å². The first-order chi connectivity index (χ1) is 13.6. The van der Waals surface area contributed by atoms with Crippen LogP contribution in [0.1, 0.15) is 5.56 Å². The minimum Gasteiger partial charge on any atom is -0.378 e. The van der Waals surface area contributed by atoms with Gasteiger partial charge in [0.25, 0.3) is 5.56 Å². The molecule has 144 valence electrons. The molecule has 1 N–H and O–H groups in total. The smallest absolute Gasteiger partial charge is 0.294 e. The summed E-state index contributed by atoms with van der Waals surface area (Å²) in [5.74, 6) is 0.351. The Balaban J connectivity index is 1.68. The lowest BCUT2D eigenvalue weighted by atomic mass is 10.1. The van der Waals surface area contributed by atoms with Crippen LogP contribution in [-0.2, 0) is 16.0 Å². The topological polar surface area (TPSA) is 76.5 Å². The van der Waals surface area contributed by atoms with Crippen molar-refractivity contribution in [3.63, 3.8) is 0 Å². The fourth-order valence-electron chi connectivity index (χ4n) is 3.23. The minimum absolute atomic E-state index is 0.134. The molecule has 2 aromatic carbocycles. The number of nitrogens with zero attached hydrogens (tertiary/aromatic N) is 3. The maximum Gasteiger partial charge on any atom is 0.294 e. The fourth-order valence-corrected chi connectivity index (χ4v) is 3.65. The lowest BCUT2D eigenvalue weighted by Crippen LogP contribution is -2.41. The SMILES string of the molecule is O=C(Cc1ccccc1Br)Nn1nc(N2CCOCC2)c2ccccc2c1=O. The predicted octanol–water partition coefficient (Wildman–Crippen LogP) is 2.31. The first kappa shape index (κ1) is 18.6. The molecule has 2 heterocycles. The van der Waals surface area contributed by atoms with E-state index in [9.17, 15) is 9.59 Å². The average molecular weight is 443 g/mol. The van der Waals surface area contributed by atoms with E-state index in [0.717, 1.165) is 20.2 Å². The standard InChI is InChI=1S/C20H19BrN4O3/c21-17-8-4-1-5-14(17)13-18(26)22-25-20(27)16-7-3-2-6-15(16)19(23-25)24-9-11-28-12-10-24/h1-8H,9-13H2,(H,22,26). The van der Waals surface area contributed by atoms with Gasteiger partial charge in [-0.2, -0.15) is 0 Å². The Morgan fingerprint density at radius 2 is 1.75 bits per heavy atom. The number of anilines is 1. The summed E-state index contributed by atoms with van der Waals surface area (Å²) < 4.78 is 6.26. The molecule has 1 fully saturated rings. The molecule has 0 atom stereocenters. The van der Waals surface area contributed by atoms with Gasteiger partial charge in [0, 0.05) is 22.9 Å². The first-order valence-electron chi connectivity index (χ1n) is 9.01. The summed E-state index contributed by atoms with van der Waals surface area (Å²) in [5, 5.41) is 5.74. The number of hydrogen-bond donors (Lipinski definition) is 1. The molecule has 1 aliphatic heterocycles. The highest BCUT2D eigenvalue weighted by molar-refractivity contribution is 9.10. The first-order valence-corrected chi connectivity index (χ1v) is 9.81. The molecule has 28 heavy (non-hydrogen) atoms. The summed E-state index contributed by atoms with van der Waals surface area (Å²) in [7, 11) is 0. The van der Waals surface area contributed by atoms with E-state index in [-0.39, 0.29) is 17.9 Å². The second kappa shape index (κ2) is 8.12. The third-order valence-corrected chi connectivity index (χ3v) is 5.41. The van der Waals surface area contributed by atoms with Gasteiger partial charge in [-0.05, 0) is 17.7 Å². The maximum absolute atomic E-state index is 12.9. The number of nitrogens with one attached hydrogen (secondary N) is 1. The number of ether oxygens (including phenoxy) is 1. The van der Waals surface area contributed by atoms with Crippen LogP contribution < -0.4 is 15.9 Å². The largest absolute Gasteiger partial charge is 0.378 e. The number of hydrogen-bond acceptors (Lipinski definition) is 5. The molecule has 1 aliphatic rings. The Morgan fingerprint density at radius 1 is 1.07 bits per heavy atom. The summed E-state index contributed by atoms with van der Waals surface area (Å²) in [4.78, 5) is 28.5. The van der Waals surface area contributed by atoms with Crippen molar-refractivity contribution in [2.45, 2.75) is 6.42 Å². The number of benzene rings is 2. The van der Waals surface area contributed by atoms with E-state index < -0.39 is 0 Å². The highest BCUT2D eigenvalue weighted by Gasteiger charge is 2.19. The maximum atomic E-state index is 12.9. The minimum atomic E-state index is -0.354. The van der Waals surface area contributed by atoms with Crippen molar-refractivity contribution in [3.8, 4) is 0 Å². The quantitative estimate of drug-likeness (QED) is 0.670. The van der Waals surface area contributed by atoms with Crippen molar-refractivity contribution in [1.29, 1.82) is 0 Å². The van der Waals surface area contributed by atoms with Crippen LogP contribution in [-0.4, -0.2) is 42.1 Å².